The summed E-state index contributed by atoms with van der Waals surface area (Å²) < 4.78 is 5.51. The summed E-state index contributed by atoms with van der Waals surface area (Å²) in [6.07, 6.45) is 4.21. The molecule has 1 atom stereocenters. The van der Waals surface area contributed by atoms with Crippen molar-refractivity contribution in [2.24, 2.45) is 5.92 Å². The second-order valence-electron chi connectivity index (χ2n) is 7.70. The zero-order valence-electron chi connectivity index (χ0n) is 15.6. The van der Waals surface area contributed by atoms with E-state index in [1.165, 1.54) is 0 Å². The Hall–Kier alpha value is -2.17. The fourth-order valence-electron chi connectivity index (χ4n) is 4.74. The van der Waals surface area contributed by atoms with Crippen molar-refractivity contribution in [1.82, 2.24) is 0 Å². The lowest BCUT2D eigenvalue weighted by molar-refractivity contribution is -0.167. The summed E-state index contributed by atoms with van der Waals surface area (Å²) in [6.45, 7) is 2.49. The maximum absolute atomic E-state index is 12.9. The van der Waals surface area contributed by atoms with Crippen LogP contribution in [0.3, 0.4) is 0 Å². The Kier molecular flexibility index (Phi) is 4.57. The van der Waals surface area contributed by atoms with Gasteiger partial charge in [-0.05, 0) is 28.7 Å². The van der Waals surface area contributed by atoms with Crippen molar-refractivity contribution >= 4 is 5.97 Å². The molecule has 2 bridgehead atoms. The first-order valence-corrected chi connectivity index (χ1v) is 9.85. The summed E-state index contributed by atoms with van der Waals surface area (Å²) in [6, 6.07) is 14.6. The Morgan fingerprint density at radius 1 is 0.963 bits per heavy atom. The standard InChI is InChI=1S/C23H26O4/c1-2-3-4-9-14-27-21(24)20-15-22(25)16-10-5-7-12-18(16)23(20,26)19-13-8-6-11-17(19)22/h5-8,10-13,20,25-26H,2-4,9,14-15H2,1H3. The number of aliphatic hydroxyl groups is 2. The number of rotatable bonds is 6. The molecule has 0 heterocycles. The van der Waals surface area contributed by atoms with Crippen molar-refractivity contribution in [2.75, 3.05) is 6.61 Å². The van der Waals surface area contributed by atoms with E-state index < -0.39 is 23.1 Å². The SMILES string of the molecule is CCCCCCOC(=O)C1CC2(O)c3ccccc3C1(O)c1ccccc12. The molecule has 0 saturated carbocycles. The van der Waals surface area contributed by atoms with Crippen LogP contribution in [0.25, 0.3) is 0 Å². The van der Waals surface area contributed by atoms with E-state index in [4.69, 9.17) is 4.74 Å². The lowest BCUT2D eigenvalue weighted by atomic mass is 9.54. The van der Waals surface area contributed by atoms with E-state index in [-0.39, 0.29) is 6.42 Å². The number of carbonyl (C=O) groups is 1. The average molecular weight is 366 g/mol. The molecular formula is C23H26O4. The Morgan fingerprint density at radius 2 is 1.52 bits per heavy atom. The van der Waals surface area contributed by atoms with E-state index in [9.17, 15) is 15.0 Å². The van der Waals surface area contributed by atoms with Gasteiger partial charge in [0.1, 0.15) is 11.2 Å². The lowest BCUT2D eigenvalue weighted by Crippen LogP contribution is -2.57. The number of ether oxygens (including phenoxy) is 1. The van der Waals surface area contributed by atoms with Crippen LogP contribution in [0, 0.1) is 5.92 Å². The van der Waals surface area contributed by atoms with Crippen molar-refractivity contribution in [3.05, 3.63) is 70.8 Å². The van der Waals surface area contributed by atoms with Crippen molar-refractivity contribution in [3.63, 3.8) is 0 Å². The normalized spacial score (nSPS) is 27.7. The molecule has 0 spiro atoms. The molecule has 2 aromatic carbocycles. The minimum atomic E-state index is -1.47. The molecule has 4 heteroatoms. The van der Waals surface area contributed by atoms with E-state index in [1.807, 2.05) is 36.4 Å². The first-order valence-electron chi connectivity index (χ1n) is 9.85. The fourth-order valence-corrected chi connectivity index (χ4v) is 4.74. The van der Waals surface area contributed by atoms with Gasteiger partial charge in [-0.3, -0.25) is 4.79 Å². The molecule has 0 aliphatic heterocycles. The predicted molar refractivity (Wildman–Crippen MR) is 102 cm³/mol. The van der Waals surface area contributed by atoms with E-state index in [0.29, 0.717) is 28.9 Å². The Balaban J connectivity index is 1.70. The topological polar surface area (TPSA) is 66.8 Å². The second kappa shape index (κ2) is 6.77. The fraction of sp³-hybridized carbons (Fsp3) is 0.435. The van der Waals surface area contributed by atoms with Crippen LogP contribution < -0.4 is 0 Å². The van der Waals surface area contributed by atoms with E-state index in [0.717, 1.165) is 25.7 Å². The Labute approximate surface area is 159 Å². The third kappa shape index (κ3) is 2.62. The smallest absolute Gasteiger partial charge is 0.312 e. The Bertz CT molecular complexity index is 809. The lowest BCUT2D eigenvalue weighted by Gasteiger charge is -2.53. The third-order valence-corrected chi connectivity index (χ3v) is 6.10. The van der Waals surface area contributed by atoms with Gasteiger partial charge >= 0.3 is 5.97 Å². The average Bonchev–Trinajstić information content (AvgIpc) is 2.70. The van der Waals surface area contributed by atoms with Crippen LogP contribution in [-0.4, -0.2) is 22.8 Å². The molecule has 0 fully saturated rings. The predicted octanol–water partition coefficient (Wildman–Crippen LogP) is 3.62. The molecule has 4 nitrogen and oxygen atoms in total. The summed E-state index contributed by atoms with van der Waals surface area (Å²) >= 11 is 0. The molecule has 0 amide bonds. The highest BCUT2D eigenvalue weighted by Crippen LogP contribution is 2.59. The van der Waals surface area contributed by atoms with Gasteiger partial charge in [0.25, 0.3) is 0 Å². The molecule has 3 aliphatic rings. The van der Waals surface area contributed by atoms with Gasteiger partial charge in [0.15, 0.2) is 0 Å². The third-order valence-electron chi connectivity index (χ3n) is 6.10. The van der Waals surface area contributed by atoms with Gasteiger partial charge in [0, 0.05) is 6.42 Å². The minimum absolute atomic E-state index is 0.130. The highest BCUT2D eigenvalue weighted by molar-refractivity contribution is 5.79. The molecule has 5 rings (SSSR count). The minimum Gasteiger partial charge on any atom is -0.465 e. The number of unbranched alkanes of at least 4 members (excludes halogenated alkanes) is 3. The number of hydrogen-bond acceptors (Lipinski definition) is 4. The van der Waals surface area contributed by atoms with Crippen molar-refractivity contribution in [3.8, 4) is 0 Å². The second-order valence-corrected chi connectivity index (χ2v) is 7.70. The maximum atomic E-state index is 12.9. The van der Waals surface area contributed by atoms with Gasteiger partial charge in [-0.25, -0.2) is 0 Å². The van der Waals surface area contributed by atoms with Crippen LogP contribution >= 0.6 is 0 Å². The quantitative estimate of drug-likeness (QED) is 0.605. The monoisotopic (exact) mass is 366 g/mol. The van der Waals surface area contributed by atoms with Crippen LogP contribution in [0.1, 0.15) is 61.3 Å². The molecule has 0 saturated heterocycles. The molecule has 27 heavy (non-hydrogen) atoms. The van der Waals surface area contributed by atoms with Gasteiger partial charge in [0.2, 0.25) is 0 Å². The van der Waals surface area contributed by atoms with Gasteiger partial charge in [-0.2, -0.15) is 0 Å². The number of esters is 1. The maximum Gasteiger partial charge on any atom is 0.312 e. The van der Waals surface area contributed by atoms with Crippen molar-refractivity contribution in [1.29, 1.82) is 0 Å². The van der Waals surface area contributed by atoms with Gasteiger partial charge < -0.3 is 14.9 Å². The zero-order chi connectivity index (χ0) is 19.1. The summed E-state index contributed by atoms with van der Waals surface area (Å²) in [5.41, 5.74) is -0.200. The van der Waals surface area contributed by atoms with Crippen LogP contribution in [0.4, 0.5) is 0 Å². The summed E-state index contributed by atoms with van der Waals surface area (Å²) in [4.78, 5) is 12.9. The van der Waals surface area contributed by atoms with Gasteiger partial charge in [-0.1, -0.05) is 74.7 Å². The van der Waals surface area contributed by atoms with Crippen LogP contribution in [0.15, 0.2) is 48.5 Å². The molecule has 142 valence electrons. The summed E-state index contributed by atoms with van der Waals surface area (Å²) in [5.74, 6) is -1.25. The highest BCUT2D eigenvalue weighted by Gasteiger charge is 2.62. The van der Waals surface area contributed by atoms with Crippen LogP contribution in [0.5, 0.6) is 0 Å². The van der Waals surface area contributed by atoms with Crippen LogP contribution in [-0.2, 0) is 20.7 Å². The van der Waals surface area contributed by atoms with Crippen LogP contribution in [0.2, 0.25) is 0 Å². The summed E-state index contributed by atoms with van der Waals surface area (Å²) in [5, 5.41) is 23.4. The van der Waals surface area contributed by atoms with Gasteiger partial charge in [-0.15, -0.1) is 0 Å². The number of benzene rings is 2. The number of hydrogen-bond donors (Lipinski definition) is 2. The van der Waals surface area contributed by atoms with Crippen molar-refractivity contribution < 1.29 is 19.7 Å². The van der Waals surface area contributed by atoms with E-state index in [1.54, 1.807) is 12.1 Å². The first kappa shape index (κ1) is 18.2. The van der Waals surface area contributed by atoms with E-state index >= 15 is 0 Å². The zero-order valence-corrected chi connectivity index (χ0v) is 15.6. The molecule has 0 radical (unpaired) electrons. The largest absolute Gasteiger partial charge is 0.465 e. The molecule has 2 N–H and O–H groups in total. The number of carbonyl (C=O) groups excluding carboxylic acids is 1. The first-order chi connectivity index (χ1) is 13.0. The Morgan fingerprint density at radius 3 is 2.07 bits per heavy atom. The highest BCUT2D eigenvalue weighted by atomic mass is 16.5. The van der Waals surface area contributed by atoms with Crippen molar-refractivity contribution in [2.45, 2.75) is 50.2 Å². The molecule has 3 aliphatic carbocycles. The van der Waals surface area contributed by atoms with Gasteiger partial charge in [0.05, 0.1) is 12.5 Å². The number of fused-ring (bicyclic) bond motifs is 1. The molecular weight excluding hydrogens is 340 g/mol. The molecule has 2 aromatic rings. The summed E-state index contributed by atoms with van der Waals surface area (Å²) in [7, 11) is 0. The van der Waals surface area contributed by atoms with E-state index in [2.05, 4.69) is 6.92 Å². The molecule has 1 unspecified atom stereocenters. The molecule has 0 aromatic heterocycles.